The number of rotatable bonds is 2. The van der Waals surface area contributed by atoms with E-state index in [0.717, 1.165) is 11.6 Å². The van der Waals surface area contributed by atoms with Crippen LogP contribution >= 0.6 is 22.7 Å². The molecule has 2 aromatic heterocycles. The standard InChI is InChI=1S/C13H8F4N2S2/c14-7-2-1-6-3-9(20-8(6)4-7)11(18)10-5-19-12(21-10)13(15,16)17/h1-5,11H,18H2. The van der Waals surface area contributed by atoms with Crippen molar-refractivity contribution in [3.05, 3.63) is 51.0 Å². The summed E-state index contributed by atoms with van der Waals surface area (Å²) < 4.78 is 51.5. The Balaban J connectivity index is 1.96. The predicted octanol–water partition coefficient (Wildman–Crippen LogP) is 4.56. The zero-order valence-corrected chi connectivity index (χ0v) is 12.0. The van der Waals surface area contributed by atoms with E-state index in [9.17, 15) is 17.6 Å². The van der Waals surface area contributed by atoms with E-state index < -0.39 is 17.2 Å². The molecule has 3 aromatic rings. The molecule has 0 saturated heterocycles. The number of thiophene rings is 1. The molecule has 0 aliphatic rings. The van der Waals surface area contributed by atoms with Crippen molar-refractivity contribution in [1.29, 1.82) is 0 Å². The SMILES string of the molecule is NC(c1cnc(C(F)(F)F)s1)c1cc2ccc(F)cc2s1. The van der Waals surface area contributed by atoms with Crippen LogP contribution < -0.4 is 5.73 Å². The number of fused-ring (bicyclic) bond motifs is 1. The van der Waals surface area contributed by atoms with Crippen LogP contribution in [0.5, 0.6) is 0 Å². The van der Waals surface area contributed by atoms with Gasteiger partial charge < -0.3 is 5.73 Å². The van der Waals surface area contributed by atoms with Crippen LogP contribution in [0.4, 0.5) is 17.6 Å². The highest BCUT2D eigenvalue weighted by molar-refractivity contribution is 7.19. The molecule has 2 N–H and O–H groups in total. The summed E-state index contributed by atoms with van der Waals surface area (Å²) in [5, 5.41) is -0.104. The van der Waals surface area contributed by atoms with Crippen molar-refractivity contribution in [1.82, 2.24) is 4.98 Å². The second kappa shape index (κ2) is 5.04. The van der Waals surface area contributed by atoms with Crippen LogP contribution in [0.25, 0.3) is 10.1 Å². The van der Waals surface area contributed by atoms with Gasteiger partial charge in [-0.3, -0.25) is 0 Å². The minimum atomic E-state index is -4.47. The maximum absolute atomic E-state index is 13.1. The van der Waals surface area contributed by atoms with Gasteiger partial charge in [0.1, 0.15) is 5.82 Å². The van der Waals surface area contributed by atoms with Crippen molar-refractivity contribution in [2.75, 3.05) is 0 Å². The number of aromatic nitrogens is 1. The molecule has 2 heterocycles. The van der Waals surface area contributed by atoms with Crippen LogP contribution in [-0.2, 0) is 6.18 Å². The molecule has 8 heteroatoms. The van der Waals surface area contributed by atoms with Gasteiger partial charge in [-0.2, -0.15) is 13.2 Å². The molecule has 110 valence electrons. The van der Waals surface area contributed by atoms with Gasteiger partial charge in [-0.1, -0.05) is 6.07 Å². The van der Waals surface area contributed by atoms with Crippen LogP contribution in [0.1, 0.15) is 20.8 Å². The summed E-state index contributed by atoms with van der Waals surface area (Å²) in [5.74, 6) is -0.360. The number of nitrogens with zero attached hydrogens (tertiary/aromatic N) is 1. The molecule has 0 aliphatic heterocycles. The minimum absolute atomic E-state index is 0.328. The highest BCUT2D eigenvalue weighted by Gasteiger charge is 2.35. The van der Waals surface area contributed by atoms with Gasteiger partial charge in [-0.15, -0.1) is 22.7 Å². The zero-order valence-electron chi connectivity index (χ0n) is 10.3. The number of thiazole rings is 1. The van der Waals surface area contributed by atoms with Gasteiger partial charge in [-0.05, 0) is 23.6 Å². The molecule has 21 heavy (non-hydrogen) atoms. The third kappa shape index (κ3) is 2.78. The number of hydrogen-bond acceptors (Lipinski definition) is 4. The Labute approximate surface area is 124 Å². The molecule has 3 rings (SSSR count). The second-order valence-electron chi connectivity index (χ2n) is 4.37. The third-order valence-electron chi connectivity index (χ3n) is 2.88. The minimum Gasteiger partial charge on any atom is -0.319 e. The number of hydrogen-bond donors (Lipinski definition) is 1. The highest BCUT2D eigenvalue weighted by Crippen LogP contribution is 2.38. The fraction of sp³-hybridized carbons (Fsp3) is 0.154. The van der Waals surface area contributed by atoms with Gasteiger partial charge in [0.05, 0.1) is 6.04 Å². The van der Waals surface area contributed by atoms with E-state index in [0.29, 0.717) is 25.8 Å². The van der Waals surface area contributed by atoms with Crippen LogP contribution in [0.2, 0.25) is 0 Å². The topological polar surface area (TPSA) is 38.9 Å². The van der Waals surface area contributed by atoms with Crippen molar-refractivity contribution < 1.29 is 17.6 Å². The van der Waals surface area contributed by atoms with Gasteiger partial charge >= 0.3 is 6.18 Å². The summed E-state index contributed by atoms with van der Waals surface area (Å²) in [4.78, 5) is 4.36. The molecule has 0 saturated carbocycles. The average Bonchev–Trinajstić information content (AvgIpc) is 3.03. The maximum Gasteiger partial charge on any atom is 0.443 e. The van der Waals surface area contributed by atoms with E-state index >= 15 is 0 Å². The maximum atomic E-state index is 13.1. The molecular formula is C13H8F4N2S2. The Morgan fingerprint density at radius 3 is 2.52 bits per heavy atom. The van der Waals surface area contributed by atoms with Crippen LogP contribution in [-0.4, -0.2) is 4.98 Å². The first-order valence-corrected chi connectivity index (χ1v) is 7.45. The van der Waals surface area contributed by atoms with E-state index in [1.54, 1.807) is 12.1 Å². The van der Waals surface area contributed by atoms with Crippen molar-refractivity contribution in [2.45, 2.75) is 12.2 Å². The summed E-state index contributed by atoms with van der Waals surface area (Å²) in [6.45, 7) is 0. The zero-order chi connectivity index (χ0) is 15.2. The monoisotopic (exact) mass is 332 g/mol. The molecule has 0 amide bonds. The number of halogens is 4. The van der Waals surface area contributed by atoms with Crippen molar-refractivity contribution in [2.24, 2.45) is 5.73 Å². The summed E-state index contributed by atoms with van der Waals surface area (Å²) in [7, 11) is 0. The highest BCUT2D eigenvalue weighted by atomic mass is 32.1. The van der Waals surface area contributed by atoms with Gasteiger partial charge in [-0.25, -0.2) is 9.37 Å². The first kappa shape index (κ1) is 14.4. The van der Waals surface area contributed by atoms with E-state index in [1.807, 2.05) is 0 Å². The fourth-order valence-electron chi connectivity index (χ4n) is 1.88. The Hall–Kier alpha value is -1.51. The van der Waals surface area contributed by atoms with E-state index in [1.165, 1.54) is 23.5 Å². The van der Waals surface area contributed by atoms with Crippen molar-refractivity contribution in [3.63, 3.8) is 0 Å². The average molecular weight is 332 g/mol. The van der Waals surface area contributed by atoms with Gasteiger partial charge in [0.15, 0.2) is 5.01 Å². The molecule has 0 aliphatic carbocycles. The molecule has 2 nitrogen and oxygen atoms in total. The molecule has 1 aromatic carbocycles. The first-order chi connectivity index (χ1) is 9.84. The van der Waals surface area contributed by atoms with Gasteiger partial charge in [0, 0.05) is 20.7 Å². The van der Waals surface area contributed by atoms with Gasteiger partial charge in [0.2, 0.25) is 0 Å². The van der Waals surface area contributed by atoms with Crippen molar-refractivity contribution in [3.8, 4) is 0 Å². The first-order valence-electron chi connectivity index (χ1n) is 5.82. The van der Waals surface area contributed by atoms with Crippen LogP contribution in [0.15, 0.2) is 30.5 Å². The van der Waals surface area contributed by atoms with Crippen molar-refractivity contribution >= 4 is 32.8 Å². The quantitative estimate of drug-likeness (QED) is 0.699. The van der Waals surface area contributed by atoms with E-state index in [2.05, 4.69) is 4.98 Å². The molecule has 1 atom stereocenters. The Bertz CT molecular complexity index is 791. The largest absolute Gasteiger partial charge is 0.443 e. The molecule has 0 bridgehead atoms. The molecule has 0 fully saturated rings. The number of nitrogens with two attached hydrogens (primary N) is 1. The normalized spacial score (nSPS) is 13.8. The fourth-order valence-corrected chi connectivity index (χ4v) is 3.87. The van der Waals surface area contributed by atoms with E-state index in [4.69, 9.17) is 5.73 Å². The molecule has 1 unspecified atom stereocenters. The van der Waals surface area contributed by atoms with E-state index in [-0.39, 0.29) is 5.82 Å². The smallest absolute Gasteiger partial charge is 0.319 e. The Kier molecular flexibility index (Phi) is 3.46. The number of benzene rings is 1. The Morgan fingerprint density at radius 2 is 1.86 bits per heavy atom. The lowest BCUT2D eigenvalue weighted by Gasteiger charge is -2.05. The summed E-state index contributed by atoms with van der Waals surface area (Å²) in [5.41, 5.74) is 5.99. The summed E-state index contributed by atoms with van der Waals surface area (Å²) in [6.07, 6.45) is -3.32. The molecular weight excluding hydrogens is 324 g/mol. The lowest BCUT2D eigenvalue weighted by Crippen LogP contribution is -2.08. The van der Waals surface area contributed by atoms with Crippen LogP contribution in [0, 0.1) is 5.82 Å². The Morgan fingerprint density at radius 1 is 1.10 bits per heavy atom. The molecule has 0 radical (unpaired) electrons. The summed E-state index contributed by atoms with van der Waals surface area (Å²) >= 11 is 1.79. The molecule has 0 spiro atoms. The van der Waals surface area contributed by atoms with Gasteiger partial charge in [0.25, 0.3) is 0 Å². The second-order valence-corrected chi connectivity index (χ2v) is 6.55. The summed E-state index contributed by atoms with van der Waals surface area (Å²) in [6, 6.07) is 5.39. The van der Waals surface area contributed by atoms with Crippen LogP contribution in [0.3, 0.4) is 0 Å². The lowest BCUT2D eigenvalue weighted by molar-refractivity contribution is -0.137. The third-order valence-corrected chi connectivity index (χ3v) is 5.19. The predicted molar refractivity (Wildman–Crippen MR) is 74.9 cm³/mol. The number of alkyl halides is 3. The lowest BCUT2D eigenvalue weighted by atomic mass is 10.2.